The van der Waals surface area contributed by atoms with Gasteiger partial charge < -0.3 is 15.1 Å². The predicted octanol–water partition coefficient (Wildman–Crippen LogP) is 1.40. The van der Waals surface area contributed by atoms with Gasteiger partial charge in [-0.25, -0.2) is 0 Å². The number of nitrogens with zero attached hydrogens (tertiary/aromatic N) is 3. The highest BCUT2D eigenvalue weighted by atomic mass is 15.3. The fourth-order valence-corrected chi connectivity index (χ4v) is 2.91. The van der Waals surface area contributed by atoms with Gasteiger partial charge in [0, 0.05) is 51.5 Å². The summed E-state index contributed by atoms with van der Waals surface area (Å²) in [6.07, 6.45) is 0. The summed E-state index contributed by atoms with van der Waals surface area (Å²) in [4.78, 5) is 7.37. The highest BCUT2D eigenvalue weighted by Gasteiger charge is 2.18. The Morgan fingerprint density at radius 2 is 1.86 bits per heavy atom. The van der Waals surface area contributed by atoms with Crippen molar-refractivity contribution in [1.82, 2.24) is 15.1 Å². The largest absolute Gasteiger partial charge is 0.369 e. The van der Waals surface area contributed by atoms with Crippen LogP contribution in [0.5, 0.6) is 0 Å². The van der Waals surface area contributed by atoms with Crippen LogP contribution in [0.3, 0.4) is 0 Å². The molecule has 118 valence electrons. The Kier molecular flexibility index (Phi) is 6.03. The van der Waals surface area contributed by atoms with Gasteiger partial charge in [-0.2, -0.15) is 0 Å². The lowest BCUT2D eigenvalue weighted by Crippen LogP contribution is -2.48. The Labute approximate surface area is 129 Å². The van der Waals surface area contributed by atoms with Crippen LogP contribution >= 0.6 is 0 Å². The summed E-state index contributed by atoms with van der Waals surface area (Å²) >= 11 is 0. The van der Waals surface area contributed by atoms with Crippen LogP contribution in [0.25, 0.3) is 0 Å². The average molecular weight is 290 g/mol. The lowest BCUT2D eigenvalue weighted by atomic mass is 10.1. The van der Waals surface area contributed by atoms with Crippen molar-refractivity contribution in [2.45, 2.75) is 13.5 Å². The van der Waals surface area contributed by atoms with Crippen LogP contribution in [0.15, 0.2) is 18.2 Å². The number of aryl methyl sites for hydroxylation is 1. The average Bonchev–Trinajstić information content (AvgIpc) is 2.46. The molecule has 1 N–H and O–H groups in total. The third-order valence-electron chi connectivity index (χ3n) is 4.18. The predicted molar refractivity (Wildman–Crippen MR) is 91.1 cm³/mol. The van der Waals surface area contributed by atoms with Gasteiger partial charge in [-0.15, -0.1) is 0 Å². The molecule has 0 bridgehead atoms. The number of hydrogen-bond donors (Lipinski definition) is 1. The van der Waals surface area contributed by atoms with Gasteiger partial charge in [0.1, 0.15) is 0 Å². The molecule has 1 fully saturated rings. The Hall–Kier alpha value is -1.10. The van der Waals surface area contributed by atoms with Gasteiger partial charge in [-0.05, 0) is 39.7 Å². The zero-order valence-electron chi connectivity index (χ0n) is 14.0. The zero-order chi connectivity index (χ0) is 15.2. The number of hydrogen-bond acceptors (Lipinski definition) is 4. The molecule has 4 nitrogen and oxygen atoms in total. The van der Waals surface area contributed by atoms with Gasteiger partial charge in [0.2, 0.25) is 0 Å². The van der Waals surface area contributed by atoms with Gasteiger partial charge >= 0.3 is 0 Å². The maximum absolute atomic E-state index is 3.29. The lowest BCUT2D eigenvalue weighted by molar-refractivity contribution is 0.229. The minimum atomic E-state index is 0.942. The molecule has 0 atom stereocenters. The standard InChI is InChI=1S/C17H30N4/c1-15-5-6-17(16(13-15)14-18-2)21-11-9-20(10-12-21)8-7-19(3)4/h5-6,13,18H,7-12,14H2,1-4H3. The second kappa shape index (κ2) is 7.78. The van der Waals surface area contributed by atoms with E-state index in [0.29, 0.717) is 0 Å². The first kappa shape index (κ1) is 16.3. The first-order valence-corrected chi connectivity index (χ1v) is 7.96. The number of nitrogens with one attached hydrogen (secondary N) is 1. The minimum Gasteiger partial charge on any atom is -0.369 e. The molecular formula is C17H30N4. The van der Waals surface area contributed by atoms with Crippen molar-refractivity contribution in [2.75, 3.05) is 65.3 Å². The molecule has 21 heavy (non-hydrogen) atoms. The van der Waals surface area contributed by atoms with Crippen molar-refractivity contribution in [3.63, 3.8) is 0 Å². The Morgan fingerprint density at radius 3 is 2.48 bits per heavy atom. The smallest absolute Gasteiger partial charge is 0.0412 e. The molecule has 1 saturated heterocycles. The van der Waals surface area contributed by atoms with E-state index in [1.165, 1.54) is 36.4 Å². The maximum Gasteiger partial charge on any atom is 0.0412 e. The number of benzene rings is 1. The van der Waals surface area contributed by atoms with Gasteiger partial charge in [-0.1, -0.05) is 17.7 Å². The molecule has 2 rings (SSSR count). The fourth-order valence-electron chi connectivity index (χ4n) is 2.91. The number of anilines is 1. The molecule has 0 aliphatic carbocycles. The summed E-state index contributed by atoms with van der Waals surface area (Å²) in [7, 11) is 6.31. The second-order valence-electron chi connectivity index (χ2n) is 6.29. The van der Waals surface area contributed by atoms with Crippen LogP contribution < -0.4 is 10.2 Å². The van der Waals surface area contributed by atoms with Gasteiger partial charge in [0.05, 0.1) is 0 Å². The van der Waals surface area contributed by atoms with Crippen LogP contribution in [0.4, 0.5) is 5.69 Å². The van der Waals surface area contributed by atoms with E-state index in [2.05, 4.69) is 59.2 Å². The quantitative estimate of drug-likeness (QED) is 0.855. The van der Waals surface area contributed by atoms with Gasteiger partial charge in [0.15, 0.2) is 0 Å². The summed E-state index contributed by atoms with van der Waals surface area (Å²) in [6.45, 7) is 10.0. The highest BCUT2D eigenvalue weighted by molar-refractivity contribution is 5.55. The van der Waals surface area contributed by atoms with E-state index in [4.69, 9.17) is 0 Å². The highest BCUT2D eigenvalue weighted by Crippen LogP contribution is 2.23. The summed E-state index contributed by atoms with van der Waals surface area (Å²) in [6, 6.07) is 6.83. The third-order valence-corrected chi connectivity index (χ3v) is 4.18. The normalized spacial score (nSPS) is 16.7. The van der Waals surface area contributed by atoms with E-state index in [1.807, 2.05) is 7.05 Å². The molecule has 1 aliphatic heterocycles. The van der Waals surface area contributed by atoms with E-state index in [1.54, 1.807) is 0 Å². The Bertz CT molecular complexity index is 436. The second-order valence-corrected chi connectivity index (χ2v) is 6.29. The Morgan fingerprint density at radius 1 is 1.14 bits per heavy atom. The van der Waals surface area contributed by atoms with Crippen molar-refractivity contribution >= 4 is 5.69 Å². The molecule has 0 saturated carbocycles. The van der Waals surface area contributed by atoms with Crippen LogP contribution in [0, 0.1) is 6.92 Å². The zero-order valence-corrected chi connectivity index (χ0v) is 14.0. The summed E-state index contributed by atoms with van der Waals surface area (Å²) in [5, 5.41) is 3.29. The van der Waals surface area contributed by atoms with E-state index in [9.17, 15) is 0 Å². The molecule has 1 aliphatic rings. The monoisotopic (exact) mass is 290 g/mol. The molecule has 1 heterocycles. The SMILES string of the molecule is CNCc1cc(C)ccc1N1CCN(CCN(C)C)CC1. The summed E-state index contributed by atoms with van der Waals surface area (Å²) in [5.41, 5.74) is 4.16. The first-order chi connectivity index (χ1) is 10.1. The van der Waals surface area contributed by atoms with Crippen LogP contribution in [0.1, 0.15) is 11.1 Å². The van der Waals surface area contributed by atoms with Crippen LogP contribution in [-0.2, 0) is 6.54 Å². The molecule has 0 amide bonds. The molecule has 1 aromatic carbocycles. The molecular weight excluding hydrogens is 260 g/mol. The van der Waals surface area contributed by atoms with Crippen LogP contribution in [-0.4, -0.2) is 70.2 Å². The van der Waals surface area contributed by atoms with E-state index in [0.717, 1.165) is 26.2 Å². The number of rotatable bonds is 6. The summed E-state index contributed by atoms with van der Waals surface area (Å²) < 4.78 is 0. The molecule has 0 radical (unpaired) electrons. The van der Waals surface area contributed by atoms with E-state index < -0.39 is 0 Å². The van der Waals surface area contributed by atoms with Crippen molar-refractivity contribution in [3.05, 3.63) is 29.3 Å². The first-order valence-electron chi connectivity index (χ1n) is 7.96. The molecule has 0 aromatic heterocycles. The van der Waals surface area contributed by atoms with Crippen molar-refractivity contribution in [2.24, 2.45) is 0 Å². The third kappa shape index (κ3) is 4.70. The molecule has 4 heteroatoms. The molecule has 0 unspecified atom stereocenters. The summed E-state index contributed by atoms with van der Waals surface area (Å²) in [5.74, 6) is 0. The van der Waals surface area contributed by atoms with E-state index >= 15 is 0 Å². The van der Waals surface area contributed by atoms with Crippen molar-refractivity contribution in [1.29, 1.82) is 0 Å². The van der Waals surface area contributed by atoms with Crippen molar-refractivity contribution < 1.29 is 0 Å². The maximum atomic E-state index is 3.29. The van der Waals surface area contributed by atoms with Crippen LogP contribution in [0.2, 0.25) is 0 Å². The minimum absolute atomic E-state index is 0.942. The lowest BCUT2D eigenvalue weighted by Gasteiger charge is -2.37. The Balaban J connectivity index is 1.95. The van der Waals surface area contributed by atoms with Gasteiger partial charge in [-0.3, -0.25) is 4.90 Å². The number of likely N-dealkylation sites (N-methyl/N-ethyl adjacent to an activating group) is 1. The molecule has 1 aromatic rings. The number of piperazine rings is 1. The topological polar surface area (TPSA) is 21.8 Å². The fraction of sp³-hybridized carbons (Fsp3) is 0.647. The van der Waals surface area contributed by atoms with Gasteiger partial charge in [0.25, 0.3) is 0 Å². The van der Waals surface area contributed by atoms with Crippen molar-refractivity contribution in [3.8, 4) is 0 Å². The molecule has 0 spiro atoms. The van der Waals surface area contributed by atoms with E-state index in [-0.39, 0.29) is 0 Å².